The van der Waals surface area contributed by atoms with Crippen LogP contribution in [0.1, 0.15) is 34.9 Å². The monoisotopic (exact) mass is 684 g/mol. The molecule has 52 heavy (non-hydrogen) atoms. The third kappa shape index (κ3) is 4.47. The Labute approximate surface area is 306 Å². The van der Waals surface area contributed by atoms with Crippen LogP contribution in [0.4, 0.5) is 0 Å². The van der Waals surface area contributed by atoms with Gasteiger partial charge in [-0.15, -0.1) is 0 Å². The van der Waals surface area contributed by atoms with Gasteiger partial charge < -0.3 is 4.42 Å². The average Bonchev–Trinajstić information content (AvgIpc) is 3.72. The lowest BCUT2D eigenvalue weighted by atomic mass is 9.66. The molecule has 0 saturated heterocycles. The highest BCUT2D eigenvalue weighted by atomic mass is 32.2. The van der Waals surface area contributed by atoms with Gasteiger partial charge in [-0.05, 0) is 82.3 Å². The molecular weight excluding hydrogens is 653 g/mol. The first kappa shape index (κ1) is 30.6. The predicted molar refractivity (Wildman–Crippen MR) is 214 cm³/mol. The van der Waals surface area contributed by atoms with E-state index in [1.807, 2.05) is 42.1 Å². The first-order valence-electron chi connectivity index (χ1n) is 17.5. The van der Waals surface area contributed by atoms with E-state index in [2.05, 4.69) is 147 Å². The molecule has 3 heterocycles. The summed E-state index contributed by atoms with van der Waals surface area (Å²) >= 11 is 1.84. The number of benzene rings is 6. The van der Waals surface area contributed by atoms with Crippen molar-refractivity contribution in [2.24, 2.45) is 0 Å². The van der Waals surface area contributed by atoms with Crippen LogP contribution in [0, 0.1) is 0 Å². The van der Waals surface area contributed by atoms with E-state index in [0.29, 0.717) is 5.82 Å². The number of hydrogen-bond acceptors (Lipinski definition) is 4. The number of nitrogens with zero attached hydrogens (tertiary/aromatic N) is 2. The molecule has 0 unspecified atom stereocenters. The predicted octanol–water partition coefficient (Wildman–Crippen LogP) is 12.6. The summed E-state index contributed by atoms with van der Waals surface area (Å²) in [5, 5.41) is 2.22. The summed E-state index contributed by atoms with van der Waals surface area (Å²) in [4.78, 5) is 12.8. The van der Waals surface area contributed by atoms with Gasteiger partial charge in [0.1, 0.15) is 11.2 Å². The Morgan fingerprint density at radius 1 is 0.654 bits per heavy atom. The van der Waals surface area contributed by atoms with Crippen LogP contribution in [0.2, 0.25) is 0 Å². The molecule has 0 fully saturated rings. The Hall–Kier alpha value is -6.23. The topological polar surface area (TPSA) is 38.9 Å². The Kier molecular flexibility index (Phi) is 7.02. The minimum absolute atomic E-state index is 0.579. The number of hydrogen-bond donors (Lipinski definition) is 0. The summed E-state index contributed by atoms with van der Waals surface area (Å²) in [7, 11) is 0. The smallest absolute Gasteiger partial charge is 0.160 e. The number of furan rings is 1. The van der Waals surface area contributed by atoms with Crippen molar-refractivity contribution in [2.75, 3.05) is 0 Å². The largest absolute Gasteiger partial charge is 0.456 e. The minimum Gasteiger partial charge on any atom is -0.456 e. The number of rotatable bonds is 5. The molecule has 8 aromatic rings. The van der Waals surface area contributed by atoms with Gasteiger partial charge in [0.25, 0.3) is 0 Å². The average molecular weight is 685 g/mol. The third-order valence-corrected chi connectivity index (χ3v) is 11.7. The van der Waals surface area contributed by atoms with Crippen LogP contribution in [0.5, 0.6) is 0 Å². The van der Waals surface area contributed by atoms with Gasteiger partial charge in [-0.2, -0.15) is 0 Å². The highest BCUT2D eigenvalue weighted by Crippen LogP contribution is 2.63. The van der Waals surface area contributed by atoms with Crippen molar-refractivity contribution >= 4 is 44.8 Å². The van der Waals surface area contributed by atoms with Crippen LogP contribution in [0.15, 0.2) is 190 Å². The molecule has 6 aromatic carbocycles. The summed E-state index contributed by atoms with van der Waals surface area (Å²) in [5.41, 5.74) is 13.2. The fourth-order valence-electron chi connectivity index (χ4n) is 8.29. The van der Waals surface area contributed by atoms with E-state index in [0.717, 1.165) is 61.2 Å². The zero-order valence-corrected chi connectivity index (χ0v) is 29.3. The highest BCUT2D eigenvalue weighted by molar-refractivity contribution is 7.99. The zero-order valence-electron chi connectivity index (χ0n) is 28.5. The second kappa shape index (κ2) is 11.9. The van der Waals surface area contributed by atoms with Gasteiger partial charge in [0.05, 0.1) is 16.8 Å². The molecule has 2 aromatic heterocycles. The molecule has 0 radical (unpaired) electrons. The molecule has 0 N–H and O–H groups in total. The summed E-state index contributed by atoms with van der Waals surface area (Å²) < 4.78 is 6.53. The van der Waals surface area contributed by atoms with E-state index in [9.17, 15) is 0 Å². The number of aromatic nitrogens is 2. The number of allylic oxidation sites excluding steroid dienone is 5. The van der Waals surface area contributed by atoms with Crippen LogP contribution in [0.3, 0.4) is 0 Å². The van der Waals surface area contributed by atoms with Gasteiger partial charge in [0.2, 0.25) is 0 Å². The van der Waals surface area contributed by atoms with Crippen LogP contribution < -0.4 is 0 Å². The van der Waals surface area contributed by atoms with Gasteiger partial charge in [0, 0.05) is 31.7 Å². The molecule has 4 heteroatoms. The van der Waals surface area contributed by atoms with E-state index in [4.69, 9.17) is 14.4 Å². The minimum atomic E-state index is -0.579. The van der Waals surface area contributed by atoms with E-state index in [1.165, 1.54) is 32.0 Å². The molecule has 246 valence electrons. The first-order chi connectivity index (χ1) is 25.6. The van der Waals surface area contributed by atoms with Crippen molar-refractivity contribution in [1.29, 1.82) is 0 Å². The van der Waals surface area contributed by atoms with Crippen LogP contribution in [-0.2, 0) is 5.41 Å². The van der Waals surface area contributed by atoms with Gasteiger partial charge in [-0.25, -0.2) is 9.97 Å². The van der Waals surface area contributed by atoms with Crippen molar-refractivity contribution in [3.63, 3.8) is 0 Å². The van der Waals surface area contributed by atoms with Crippen molar-refractivity contribution in [1.82, 2.24) is 9.97 Å². The maximum atomic E-state index is 6.53. The molecule has 10 rings (SSSR count). The normalized spacial score (nSPS) is 14.4. The molecule has 2 aliphatic rings. The summed E-state index contributed by atoms with van der Waals surface area (Å²) in [6.45, 7) is 6.71. The second-order valence-electron chi connectivity index (χ2n) is 13.4. The Morgan fingerprint density at radius 3 is 2.00 bits per heavy atom. The van der Waals surface area contributed by atoms with Gasteiger partial charge in [-0.1, -0.05) is 146 Å². The molecule has 0 amide bonds. The SMILES string of the molecule is C=CC1=C(/C=C(\C)c2cc(-c3ccccc3)nc(-c3ccccc3)n2)c2c(ccc3oc4ccccc4c23)C12c1ccccc1Sc1ccccc12. The number of fused-ring (bicyclic) bond motifs is 10. The number of para-hydroxylation sites is 1. The Bertz CT molecular complexity index is 2690. The standard InChI is InChI=1S/C48H32N2OS/c1-3-35-34(28-30(2)39-29-40(31-16-6-4-7-17-31)50-47(49-39)32-18-8-5-9-19-32)45-38(26-27-42-46(45)33-20-10-13-23-41(33)51-42)48(35)36-21-11-14-24-43(36)52-44-25-15-12-22-37(44)48/h3-29H,1H2,2H3/b30-28+. The molecule has 1 aliphatic carbocycles. The summed E-state index contributed by atoms with van der Waals surface area (Å²) in [6, 6.07) is 53.2. The lowest BCUT2D eigenvalue weighted by Gasteiger charge is -2.40. The summed E-state index contributed by atoms with van der Waals surface area (Å²) in [6.07, 6.45) is 4.41. The molecule has 0 bridgehead atoms. The zero-order chi connectivity index (χ0) is 34.8. The van der Waals surface area contributed by atoms with Crippen molar-refractivity contribution in [3.05, 3.63) is 204 Å². The van der Waals surface area contributed by atoms with E-state index in [1.54, 1.807) is 0 Å². The molecule has 0 saturated carbocycles. The van der Waals surface area contributed by atoms with Crippen molar-refractivity contribution in [2.45, 2.75) is 22.1 Å². The molecule has 3 nitrogen and oxygen atoms in total. The van der Waals surface area contributed by atoms with E-state index >= 15 is 0 Å². The van der Waals surface area contributed by atoms with E-state index in [-0.39, 0.29) is 0 Å². The Balaban J connectivity index is 1.31. The van der Waals surface area contributed by atoms with Crippen molar-refractivity contribution in [3.8, 4) is 22.6 Å². The van der Waals surface area contributed by atoms with E-state index < -0.39 is 5.41 Å². The molecule has 1 aliphatic heterocycles. The van der Waals surface area contributed by atoms with Crippen LogP contribution in [-0.4, -0.2) is 9.97 Å². The molecule has 1 spiro atoms. The maximum absolute atomic E-state index is 6.53. The third-order valence-electron chi connectivity index (χ3n) is 10.5. The fourth-order valence-corrected chi connectivity index (χ4v) is 9.48. The lowest BCUT2D eigenvalue weighted by Crippen LogP contribution is -2.32. The quantitative estimate of drug-likeness (QED) is 0.181. The molecular formula is C48H32N2OS. The van der Waals surface area contributed by atoms with Crippen LogP contribution in [0.25, 0.3) is 55.7 Å². The Morgan fingerprint density at radius 2 is 1.29 bits per heavy atom. The lowest BCUT2D eigenvalue weighted by molar-refractivity contribution is 0.667. The second-order valence-corrected chi connectivity index (χ2v) is 14.4. The van der Waals surface area contributed by atoms with Gasteiger partial charge >= 0.3 is 0 Å². The van der Waals surface area contributed by atoms with Crippen LogP contribution >= 0.6 is 11.8 Å². The highest BCUT2D eigenvalue weighted by Gasteiger charge is 2.51. The first-order valence-corrected chi connectivity index (χ1v) is 18.3. The maximum Gasteiger partial charge on any atom is 0.160 e. The summed E-state index contributed by atoms with van der Waals surface area (Å²) in [5.74, 6) is 0.696. The van der Waals surface area contributed by atoms with Gasteiger partial charge in [-0.3, -0.25) is 0 Å². The van der Waals surface area contributed by atoms with Gasteiger partial charge in [0.15, 0.2) is 5.82 Å². The molecule has 0 atom stereocenters. The fraction of sp³-hybridized carbons (Fsp3) is 0.0417. The van der Waals surface area contributed by atoms with Crippen molar-refractivity contribution < 1.29 is 4.42 Å².